The van der Waals surface area contributed by atoms with Gasteiger partial charge in [-0.15, -0.1) is 0 Å². The minimum atomic E-state index is -0.371. The molecule has 0 spiro atoms. The number of piperidine rings is 1. The van der Waals surface area contributed by atoms with Gasteiger partial charge in [0.15, 0.2) is 0 Å². The first-order chi connectivity index (χ1) is 11.6. The van der Waals surface area contributed by atoms with Gasteiger partial charge in [-0.3, -0.25) is 9.69 Å². The molecule has 3 rings (SSSR count). The second-order valence-electron chi connectivity index (χ2n) is 6.45. The first-order valence-electron chi connectivity index (χ1n) is 8.41. The van der Waals surface area contributed by atoms with Gasteiger partial charge in [0.1, 0.15) is 5.02 Å². The Balaban J connectivity index is 1.77. The predicted molar refractivity (Wildman–Crippen MR) is 97.5 cm³/mol. The summed E-state index contributed by atoms with van der Waals surface area (Å²) < 4.78 is 0. The van der Waals surface area contributed by atoms with Crippen LogP contribution < -0.4 is 10.9 Å². The number of likely N-dealkylation sites (tertiary alicyclic amines) is 1. The van der Waals surface area contributed by atoms with Gasteiger partial charge in [-0.2, -0.15) is 5.10 Å². The van der Waals surface area contributed by atoms with E-state index in [-0.39, 0.29) is 16.6 Å². The highest BCUT2D eigenvalue weighted by molar-refractivity contribution is 6.32. The topological polar surface area (TPSA) is 61.0 Å². The van der Waals surface area contributed by atoms with Crippen molar-refractivity contribution in [3.8, 4) is 0 Å². The fraction of sp³-hybridized carbons (Fsp3) is 0.444. The van der Waals surface area contributed by atoms with Crippen molar-refractivity contribution in [2.24, 2.45) is 5.92 Å². The van der Waals surface area contributed by atoms with Crippen LogP contribution in [0, 0.1) is 5.92 Å². The minimum Gasteiger partial charge on any atom is -0.380 e. The third kappa shape index (κ3) is 3.97. The van der Waals surface area contributed by atoms with Crippen LogP contribution in [0.25, 0.3) is 0 Å². The van der Waals surface area contributed by atoms with E-state index in [2.05, 4.69) is 51.6 Å². The number of aromatic nitrogens is 2. The second kappa shape index (κ2) is 7.81. The maximum atomic E-state index is 11.6. The number of H-pyrrole nitrogens is 1. The first-order valence-corrected chi connectivity index (χ1v) is 8.79. The average Bonchev–Trinajstić information content (AvgIpc) is 2.61. The molecule has 5 nitrogen and oxygen atoms in total. The van der Waals surface area contributed by atoms with Crippen molar-refractivity contribution in [3.05, 3.63) is 57.5 Å². The standard InChI is InChI=1S/C18H23ClN4O/c1-13-7-9-23(10-8-13)16(14-5-3-2-4-6-14)12-20-15-11-21-22-18(24)17(15)19/h2-6,11,13,16H,7-10,12H2,1H3,(H2,20,22,24). The van der Waals surface area contributed by atoms with E-state index in [0.717, 1.165) is 19.0 Å². The molecule has 1 aromatic heterocycles. The largest absolute Gasteiger partial charge is 0.380 e. The summed E-state index contributed by atoms with van der Waals surface area (Å²) in [5, 5.41) is 9.62. The summed E-state index contributed by atoms with van der Waals surface area (Å²) in [6, 6.07) is 10.7. The molecule has 1 aromatic carbocycles. The molecule has 0 amide bonds. The van der Waals surface area contributed by atoms with Gasteiger partial charge in [-0.05, 0) is 37.4 Å². The van der Waals surface area contributed by atoms with Crippen LogP contribution >= 0.6 is 11.6 Å². The molecule has 24 heavy (non-hydrogen) atoms. The average molecular weight is 347 g/mol. The van der Waals surface area contributed by atoms with Crippen LogP contribution in [0.4, 0.5) is 5.69 Å². The molecule has 1 atom stereocenters. The van der Waals surface area contributed by atoms with Crippen LogP contribution in [0.15, 0.2) is 41.3 Å². The summed E-state index contributed by atoms with van der Waals surface area (Å²) in [5.41, 5.74) is 1.48. The van der Waals surface area contributed by atoms with Gasteiger partial charge < -0.3 is 5.32 Å². The van der Waals surface area contributed by atoms with Crippen LogP contribution in [-0.2, 0) is 0 Å². The number of anilines is 1. The van der Waals surface area contributed by atoms with Crippen LogP contribution in [0.5, 0.6) is 0 Å². The highest BCUT2D eigenvalue weighted by Crippen LogP contribution is 2.27. The third-order valence-corrected chi connectivity index (χ3v) is 5.10. The zero-order chi connectivity index (χ0) is 16.9. The van der Waals surface area contributed by atoms with Crippen LogP contribution in [-0.4, -0.2) is 34.7 Å². The zero-order valence-corrected chi connectivity index (χ0v) is 14.6. The number of rotatable bonds is 5. The second-order valence-corrected chi connectivity index (χ2v) is 6.83. The summed E-state index contributed by atoms with van der Waals surface area (Å²) >= 11 is 6.07. The predicted octanol–water partition coefficient (Wildman–Crippen LogP) is 3.31. The van der Waals surface area contributed by atoms with Crippen molar-refractivity contribution < 1.29 is 0 Å². The number of hydrogen-bond donors (Lipinski definition) is 2. The van der Waals surface area contributed by atoms with E-state index in [1.807, 2.05) is 6.07 Å². The molecule has 0 bridgehead atoms. The van der Waals surface area contributed by atoms with Gasteiger partial charge in [-0.1, -0.05) is 48.9 Å². The molecule has 1 aliphatic heterocycles. The van der Waals surface area contributed by atoms with Crippen LogP contribution in [0.2, 0.25) is 5.02 Å². The maximum absolute atomic E-state index is 11.6. The van der Waals surface area contributed by atoms with Gasteiger partial charge in [0.2, 0.25) is 0 Å². The third-order valence-electron chi connectivity index (χ3n) is 4.72. The fourth-order valence-electron chi connectivity index (χ4n) is 3.19. The monoisotopic (exact) mass is 346 g/mol. The molecule has 1 unspecified atom stereocenters. The molecule has 128 valence electrons. The molecule has 1 saturated heterocycles. The normalized spacial score (nSPS) is 17.6. The summed E-state index contributed by atoms with van der Waals surface area (Å²) in [6.45, 7) is 5.17. The zero-order valence-electron chi connectivity index (χ0n) is 13.8. The Kier molecular flexibility index (Phi) is 5.53. The van der Waals surface area contributed by atoms with Gasteiger partial charge in [0.25, 0.3) is 5.56 Å². The lowest BCUT2D eigenvalue weighted by Crippen LogP contribution is -2.39. The number of halogens is 1. The molecular formula is C18H23ClN4O. The van der Waals surface area contributed by atoms with E-state index in [9.17, 15) is 4.79 Å². The van der Waals surface area contributed by atoms with Crippen molar-refractivity contribution in [1.29, 1.82) is 0 Å². The van der Waals surface area contributed by atoms with E-state index in [1.165, 1.54) is 18.4 Å². The molecule has 1 aliphatic rings. The molecular weight excluding hydrogens is 324 g/mol. The van der Waals surface area contributed by atoms with E-state index in [0.29, 0.717) is 12.2 Å². The Bertz CT molecular complexity index is 710. The molecule has 2 aromatic rings. The number of nitrogens with one attached hydrogen (secondary N) is 2. The van der Waals surface area contributed by atoms with Crippen LogP contribution in [0.3, 0.4) is 0 Å². The molecule has 6 heteroatoms. The van der Waals surface area contributed by atoms with Crippen molar-refractivity contribution in [3.63, 3.8) is 0 Å². The SMILES string of the molecule is CC1CCN(C(CNc2cn[nH]c(=O)c2Cl)c2ccccc2)CC1. The van der Waals surface area contributed by atoms with E-state index >= 15 is 0 Å². The summed E-state index contributed by atoms with van der Waals surface area (Å²) in [6.07, 6.45) is 4.00. The molecule has 0 aliphatic carbocycles. The Morgan fingerprint density at radius 1 is 1.33 bits per heavy atom. The Morgan fingerprint density at radius 2 is 2.04 bits per heavy atom. The van der Waals surface area contributed by atoms with Crippen molar-refractivity contribution in [1.82, 2.24) is 15.1 Å². The van der Waals surface area contributed by atoms with Gasteiger partial charge in [-0.25, -0.2) is 5.10 Å². The van der Waals surface area contributed by atoms with Crippen LogP contribution in [0.1, 0.15) is 31.4 Å². The Morgan fingerprint density at radius 3 is 2.75 bits per heavy atom. The summed E-state index contributed by atoms with van der Waals surface area (Å²) in [5.74, 6) is 0.789. The van der Waals surface area contributed by atoms with E-state index in [1.54, 1.807) is 6.20 Å². The highest BCUT2D eigenvalue weighted by atomic mass is 35.5. The minimum absolute atomic E-state index is 0.157. The number of aromatic amines is 1. The maximum Gasteiger partial charge on any atom is 0.285 e. The van der Waals surface area contributed by atoms with Gasteiger partial charge >= 0.3 is 0 Å². The van der Waals surface area contributed by atoms with Gasteiger partial charge in [0, 0.05) is 6.54 Å². The van der Waals surface area contributed by atoms with Crippen molar-refractivity contribution in [2.45, 2.75) is 25.8 Å². The molecule has 0 radical (unpaired) electrons. The van der Waals surface area contributed by atoms with Gasteiger partial charge in [0.05, 0.1) is 17.9 Å². The fourth-order valence-corrected chi connectivity index (χ4v) is 3.34. The van der Waals surface area contributed by atoms with E-state index in [4.69, 9.17) is 11.6 Å². The molecule has 2 heterocycles. The Labute approximate surface area is 147 Å². The highest BCUT2D eigenvalue weighted by Gasteiger charge is 2.24. The lowest BCUT2D eigenvalue weighted by Gasteiger charge is -2.37. The van der Waals surface area contributed by atoms with Crippen molar-refractivity contribution in [2.75, 3.05) is 25.0 Å². The molecule has 2 N–H and O–H groups in total. The van der Waals surface area contributed by atoms with Crippen molar-refractivity contribution >= 4 is 17.3 Å². The number of hydrogen-bond acceptors (Lipinski definition) is 4. The summed E-state index contributed by atoms with van der Waals surface area (Å²) in [4.78, 5) is 14.1. The Hall–Kier alpha value is -1.85. The lowest BCUT2D eigenvalue weighted by atomic mass is 9.95. The lowest BCUT2D eigenvalue weighted by molar-refractivity contribution is 0.143. The number of nitrogens with zero attached hydrogens (tertiary/aromatic N) is 2. The quantitative estimate of drug-likeness (QED) is 0.872. The first kappa shape index (κ1) is 17.0. The molecule has 0 saturated carbocycles. The molecule has 1 fully saturated rings. The number of benzene rings is 1. The summed E-state index contributed by atoms with van der Waals surface area (Å²) in [7, 11) is 0. The van der Waals surface area contributed by atoms with E-state index < -0.39 is 0 Å². The smallest absolute Gasteiger partial charge is 0.285 e.